The zero-order chi connectivity index (χ0) is 25.2. The third kappa shape index (κ3) is 5.19. The second kappa shape index (κ2) is 10.5. The van der Waals surface area contributed by atoms with Gasteiger partial charge in [-0.2, -0.15) is 5.10 Å². The monoisotopic (exact) mass is 524 g/mol. The van der Waals surface area contributed by atoms with Crippen molar-refractivity contribution in [2.24, 2.45) is 11.0 Å². The van der Waals surface area contributed by atoms with Crippen LogP contribution >= 0.6 is 23.2 Å². The van der Waals surface area contributed by atoms with E-state index in [9.17, 15) is 0 Å². The number of fused-ring (bicyclic) bond motifs is 1. The Morgan fingerprint density at radius 2 is 1.57 bits per heavy atom. The van der Waals surface area contributed by atoms with Crippen molar-refractivity contribution in [3.63, 3.8) is 0 Å². The molecule has 1 saturated heterocycles. The lowest BCUT2D eigenvalue weighted by molar-refractivity contribution is 0.245. The minimum atomic E-state index is 0.0555. The Morgan fingerprint density at radius 3 is 2.27 bits per heavy atom. The van der Waals surface area contributed by atoms with Crippen LogP contribution in [0.25, 0.3) is 6.08 Å². The average molecular weight is 525 g/mol. The van der Waals surface area contributed by atoms with Gasteiger partial charge in [-0.25, -0.2) is 0 Å². The molecule has 3 heterocycles. The van der Waals surface area contributed by atoms with Crippen LogP contribution < -0.4 is 5.01 Å². The molecule has 1 aromatic heterocycles. The van der Waals surface area contributed by atoms with Gasteiger partial charge in [0.05, 0.1) is 17.4 Å². The van der Waals surface area contributed by atoms with Crippen LogP contribution in [0.2, 0.25) is 10.0 Å². The number of hydrogen-bond donors (Lipinski definition) is 0. The molecular formula is C31H26Cl2N4. The van der Waals surface area contributed by atoms with E-state index in [4.69, 9.17) is 28.3 Å². The standard InChI is InChI=1S/C31H26Cl2N4/c32-26-12-8-22(9-13-26)17-25-20-36(19-23-5-4-16-34-18-23)21-29-30(25)35-37(28-6-2-1-3-7-28)31(29)24-10-14-27(33)15-11-24/h1-18,29,31H,19-21H2. The number of nitrogens with zero attached hydrogens (tertiary/aromatic N) is 4. The van der Waals surface area contributed by atoms with Gasteiger partial charge in [-0.05, 0) is 70.8 Å². The first-order valence-electron chi connectivity index (χ1n) is 12.4. The van der Waals surface area contributed by atoms with Crippen molar-refractivity contribution in [2.45, 2.75) is 12.6 Å². The molecule has 0 saturated carbocycles. The van der Waals surface area contributed by atoms with E-state index in [1.807, 2.05) is 48.8 Å². The number of aromatic nitrogens is 1. The van der Waals surface area contributed by atoms with Crippen molar-refractivity contribution in [1.29, 1.82) is 0 Å². The number of piperidine rings is 1. The first-order valence-corrected chi connectivity index (χ1v) is 13.2. The van der Waals surface area contributed by atoms with E-state index in [0.29, 0.717) is 0 Å². The molecule has 0 spiro atoms. The molecule has 184 valence electrons. The predicted molar refractivity (Wildman–Crippen MR) is 153 cm³/mol. The molecule has 6 heteroatoms. The summed E-state index contributed by atoms with van der Waals surface area (Å²) in [6.07, 6.45) is 6.03. The van der Waals surface area contributed by atoms with Crippen LogP contribution in [0.5, 0.6) is 0 Å². The quantitative estimate of drug-likeness (QED) is 0.270. The van der Waals surface area contributed by atoms with Crippen molar-refractivity contribution in [3.05, 3.63) is 136 Å². The number of likely N-dealkylation sites (tertiary alicyclic amines) is 1. The summed E-state index contributed by atoms with van der Waals surface area (Å²) in [5, 5.41) is 8.94. The Labute approximate surface area is 227 Å². The molecule has 2 atom stereocenters. The second-order valence-electron chi connectivity index (χ2n) is 9.52. The molecule has 3 aromatic carbocycles. The van der Waals surface area contributed by atoms with E-state index in [1.54, 1.807) is 0 Å². The summed E-state index contributed by atoms with van der Waals surface area (Å²) < 4.78 is 0. The van der Waals surface area contributed by atoms with E-state index in [-0.39, 0.29) is 12.0 Å². The van der Waals surface area contributed by atoms with Gasteiger partial charge in [0.1, 0.15) is 0 Å². The maximum absolute atomic E-state index is 6.27. The van der Waals surface area contributed by atoms with Crippen LogP contribution in [0.15, 0.2) is 114 Å². The summed E-state index contributed by atoms with van der Waals surface area (Å²) in [7, 11) is 0. The van der Waals surface area contributed by atoms with Crippen LogP contribution in [0, 0.1) is 5.92 Å². The molecule has 2 aliphatic heterocycles. The molecular weight excluding hydrogens is 499 g/mol. The number of para-hydroxylation sites is 1. The third-order valence-corrected chi connectivity index (χ3v) is 7.47. The van der Waals surface area contributed by atoms with Crippen molar-refractivity contribution in [2.75, 3.05) is 18.1 Å². The minimum Gasteiger partial charge on any atom is -0.294 e. The predicted octanol–water partition coefficient (Wildman–Crippen LogP) is 7.52. The zero-order valence-corrected chi connectivity index (χ0v) is 21.7. The van der Waals surface area contributed by atoms with Gasteiger partial charge >= 0.3 is 0 Å². The Bertz CT molecular complexity index is 1420. The Balaban J connectivity index is 1.44. The molecule has 2 aliphatic rings. The minimum absolute atomic E-state index is 0.0555. The largest absolute Gasteiger partial charge is 0.294 e. The fourth-order valence-corrected chi connectivity index (χ4v) is 5.56. The van der Waals surface area contributed by atoms with Gasteiger partial charge in [0.2, 0.25) is 0 Å². The average Bonchev–Trinajstić information content (AvgIpc) is 3.31. The number of hydrogen-bond acceptors (Lipinski definition) is 4. The van der Waals surface area contributed by atoms with E-state index in [2.05, 4.69) is 75.6 Å². The topological polar surface area (TPSA) is 31.7 Å². The summed E-state index contributed by atoms with van der Waals surface area (Å²) in [6.45, 7) is 2.53. The summed E-state index contributed by atoms with van der Waals surface area (Å²) in [4.78, 5) is 6.84. The summed E-state index contributed by atoms with van der Waals surface area (Å²) in [5.74, 6) is 0.186. The normalized spacial score (nSPS) is 20.6. The molecule has 4 aromatic rings. The van der Waals surface area contributed by atoms with Crippen LogP contribution in [-0.4, -0.2) is 28.7 Å². The van der Waals surface area contributed by atoms with Gasteiger partial charge in [0.15, 0.2) is 0 Å². The maximum atomic E-state index is 6.27. The van der Waals surface area contributed by atoms with Gasteiger partial charge < -0.3 is 0 Å². The van der Waals surface area contributed by atoms with Gasteiger partial charge in [0, 0.05) is 48.0 Å². The van der Waals surface area contributed by atoms with Crippen molar-refractivity contribution in [1.82, 2.24) is 9.88 Å². The zero-order valence-electron chi connectivity index (χ0n) is 20.2. The number of anilines is 1. The Morgan fingerprint density at radius 1 is 0.838 bits per heavy atom. The molecule has 0 amide bonds. The molecule has 6 rings (SSSR count). The van der Waals surface area contributed by atoms with Gasteiger partial charge in [-0.3, -0.25) is 14.9 Å². The third-order valence-electron chi connectivity index (χ3n) is 6.96. The van der Waals surface area contributed by atoms with Gasteiger partial charge in [-0.15, -0.1) is 0 Å². The van der Waals surface area contributed by atoms with E-state index >= 15 is 0 Å². The van der Waals surface area contributed by atoms with Gasteiger partial charge in [0.25, 0.3) is 0 Å². The lowest BCUT2D eigenvalue weighted by Crippen LogP contribution is -2.43. The van der Waals surface area contributed by atoms with E-state index in [0.717, 1.165) is 46.6 Å². The molecule has 0 radical (unpaired) electrons. The lowest BCUT2D eigenvalue weighted by Gasteiger charge is -2.36. The second-order valence-corrected chi connectivity index (χ2v) is 10.4. The molecule has 4 nitrogen and oxygen atoms in total. The first-order chi connectivity index (χ1) is 18.1. The molecule has 0 bridgehead atoms. The van der Waals surface area contributed by atoms with Crippen molar-refractivity contribution < 1.29 is 0 Å². The lowest BCUT2D eigenvalue weighted by atomic mass is 9.83. The summed E-state index contributed by atoms with van der Waals surface area (Å²) >= 11 is 12.4. The highest BCUT2D eigenvalue weighted by Gasteiger charge is 2.44. The molecule has 0 N–H and O–H groups in total. The summed E-state index contributed by atoms with van der Waals surface area (Å²) in [5.41, 5.74) is 6.96. The van der Waals surface area contributed by atoms with E-state index < -0.39 is 0 Å². The number of halogens is 2. The van der Waals surface area contributed by atoms with Crippen LogP contribution in [-0.2, 0) is 6.54 Å². The SMILES string of the molecule is Clc1ccc(C=C2CN(Cc3cccnc3)CC3C2=NN(c2ccccc2)C3c2ccc(Cl)cc2)cc1. The highest BCUT2D eigenvalue weighted by Crippen LogP contribution is 2.43. The first kappa shape index (κ1) is 23.9. The van der Waals surface area contributed by atoms with Gasteiger partial charge in [-0.1, -0.05) is 71.7 Å². The highest BCUT2D eigenvalue weighted by atomic mass is 35.5. The number of hydrazone groups is 1. The Kier molecular flexibility index (Phi) is 6.79. The fraction of sp³-hybridized carbons (Fsp3) is 0.161. The smallest absolute Gasteiger partial charge is 0.0872 e. The van der Waals surface area contributed by atoms with Crippen LogP contribution in [0.3, 0.4) is 0 Å². The molecule has 0 aliphatic carbocycles. The number of benzene rings is 3. The van der Waals surface area contributed by atoms with E-state index in [1.165, 1.54) is 16.7 Å². The molecule has 2 unspecified atom stereocenters. The maximum Gasteiger partial charge on any atom is 0.0872 e. The Hall–Kier alpha value is -3.44. The number of rotatable bonds is 5. The molecule has 1 fully saturated rings. The summed E-state index contributed by atoms with van der Waals surface area (Å²) in [6, 6.07) is 30.8. The van der Waals surface area contributed by atoms with Crippen molar-refractivity contribution in [3.8, 4) is 0 Å². The molecule has 37 heavy (non-hydrogen) atoms. The van der Waals surface area contributed by atoms with Crippen molar-refractivity contribution >= 4 is 40.7 Å². The van der Waals surface area contributed by atoms with Crippen LogP contribution in [0.1, 0.15) is 22.7 Å². The highest BCUT2D eigenvalue weighted by molar-refractivity contribution is 6.30. The number of pyridine rings is 1. The van der Waals surface area contributed by atoms with Crippen LogP contribution in [0.4, 0.5) is 5.69 Å². The fourth-order valence-electron chi connectivity index (χ4n) is 5.31.